The first kappa shape index (κ1) is 33.1. The van der Waals surface area contributed by atoms with Crippen LogP contribution in [0.5, 0.6) is 0 Å². The highest BCUT2D eigenvalue weighted by atomic mass is 16.4. The first-order valence-corrected chi connectivity index (χ1v) is 10.3. The molecule has 0 spiro atoms. The minimum absolute atomic E-state index is 0.184. The summed E-state index contributed by atoms with van der Waals surface area (Å²) in [5.74, 6) is -2.51. The predicted molar refractivity (Wildman–Crippen MR) is 115 cm³/mol. The van der Waals surface area contributed by atoms with E-state index in [-0.39, 0.29) is 26.4 Å². The predicted octanol–water partition coefficient (Wildman–Crippen LogP) is -0.142. The molecule has 180 valence electrons. The zero-order chi connectivity index (χ0) is 23.6. The third kappa shape index (κ3) is 31.1. The van der Waals surface area contributed by atoms with Gasteiger partial charge in [0.2, 0.25) is 0 Å². The van der Waals surface area contributed by atoms with Crippen molar-refractivity contribution in [3.8, 4) is 0 Å². The highest BCUT2D eigenvalue weighted by molar-refractivity contribution is 5.89. The van der Waals surface area contributed by atoms with Gasteiger partial charge in [0.1, 0.15) is 0 Å². The number of aliphatic hydroxyl groups excluding tert-OH is 4. The van der Waals surface area contributed by atoms with Crippen molar-refractivity contribution in [3.63, 3.8) is 0 Å². The number of aliphatic hydroxyl groups is 4. The highest BCUT2D eigenvalue weighted by Gasteiger charge is 2.01. The summed E-state index contributed by atoms with van der Waals surface area (Å²) < 4.78 is 0. The number of hydrogen-bond donors (Lipinski definition) is 6. The van der Waals surface area contributed by atoms with Crippen molar-refractivity contribution >= 4 is 11.9 Å². The number of carboxylic acids is 2. The Kier molecular flexibility index (Phi) is 30.3. The van der Waals surface area contributed by atoms with Gasteiger partial charge in [-0.15, -0.1) is 0 Å². The van der Waals surface area contributed by atoms with Gasteiger partial charge in [0.25, 0.3) is 0 Å². The molecular weight excluding hydrogens is 396 g/mol. The lowest BCUT2D eigenvalue weighted by molar-refractivity contribution is -0.134. The number of rotatable bonds is 16. The number of hydrogen-bond acceptors (Lipinski definition) is 8. The Hall–Kier alpha value is -1.56. The van der Waals surface area contributed by atoms with Crippen LogP contribution in [0, 0.1) is 0 Å². The maximum Gasteiger partial charge on any atom is 0.328 e. The summed E-state index contributed by atoms with van der Waals surface area (Å²) in [6.45, 7) is 9.70. The zero-order valence-electron chi connectivity index (χ0n) is 18.4. The van der Waals surface area contributed by atoms with E-state index in [1.165, 1.54) is 0 Å². The molecule has 0 atom stereocenters. The molecule has 0 aromatic rings. The quantitative estimate of drug-likeness (QED) is 0.179. The van der Waals surface area contributed by atoms with Crippen LogP contribution in [0.15, 0.2) is 12.2 Å². The maximum atomic E-state index is 9.55. The summed E-state index contributed by atoms with van der Waals surface area (Å²) in [6, 6.07) is 0. The zero-order valence-corrected chi connectivity index (χ0v) is 18.4. The maximum absolute atomic E-state index is 9.55. The van der Waals surface area contributed by atoms with Crippen molar-refractivity contribution in [2.45, 2.75) is 39.5 Å². The fourth-order valence-corrected chi connectivity index (χ4v) is 2.14. The Bertz CT molecular complexity index is 360. The number of unbranched alkanes of at least 4 members (excludes halogenated alkanes) is 2. The van der Waals surface area contributed by atoms with Gasteiger partial charge in [-0.1, -0.05) is 26.7 Å². The van der Waals surface area contributed by atoms with Crippen LogP contribution in [0.3, 0.4) is 0 Å². The monoisotopic (exact) mass is 438 g/mol. The summed E-state index contributed by atoms with van der Waals surface area (Å²) in [4.78, 5) is 23.3. The number of carboxylic acid groups (broad SMARTS) is 2. The Labute approximate surface area is 180 Å². The molecule has 0 bridgehead atoms. The third-order valence-electron chi connectivity index (χ3n) is 3.69. The minimum atomic E-state index is -1.26. The topological polar surface area (TPSA) is 162 Å². The van der Waals surface area contributed by atoms with E-state index < -0.39 is 11.9 Å². The normalized spacial score (nSPS) is 10.5. The molecule has 0 rings (SSSR count). The second kappa shape index (κ2) is 27.4. The first-order chi connectivity index (χ1) is 14.3. The first-order valence-electron chi connectivity index (χ1n) is 10.3. The van der Waals surface area contributed by atoms with Gasteiger partial charge in [-0.05, 0) is 25.9 Å². The number of carbonyl (C=O) groups is 2. The van der Waals surface area contributed by atoms with E-state index in [9.17, 15) is 9.59 Å². The van der Waals surface area contributed by atoms with Crippen LogP contribution in [0.25, 0.3) is 0 Å². The molecule has 10 nitrogen and oxygen atoms in total. The SMILES string of the molecule is CCCCN(CCO)CCO.CCCCN(CCO)CCO.O=C(O)/C=C/C(=O)O. The summed E-state index contributed by atoms with van der Waals surface area (Å²) in [5.41, 5.74) is 0. The molecule has 0 aliphatic rings. The van der Waals surface area contributed by atoms with Gasteiger partial charge < -0.3 is 30.6 Å². The summed E-state index contributed by atoms with van der Waals surface area (Å²) in [6.07, 6.45) is 5.71. The van der Waals surface area contributed by atoms with Crippen LogP contribution in [-0.2, 0) is 9.59 Å². The average Bonchev–Trinajstić information content (AvgIpc) is 2.70. The van der Waals surface area contributed by atoms with Crippen LogP contribution >= 0.6 is 0 Å². The van der Waals surface area contributed by atoms with Crippen LogP contribution in [0.4, 0.5) is 0 Å². The van der Waals surface area contributed by atoms with E-state index in [4.69, 9.17) is 30.6 Å². The molecule has 0 aliphatic heterocycles. The van der Waals surface area contributed by atoms with Crippen molar-refractivity contribution in [2.24, 2.45) is 0 Å². The van der Waals surface area contributed by atoms with Gasteiger partial charge in [-0.25, -0.2) is 9.59 Å². The van der Waals surface area contributed by atoms with Crippen molar-refractivity contribution < 1.29 is 40.2 Å². The molecule has 0 heterocycles. The largest absolute Gasteiger partial charge is 0.478 e. The molecule has 0 fully saturated rings. The van der Waals surface area contributed by atoms with Gasteiger partial charge in [-0.3, -0.25) is 9.80 Å². The van der Waals surface area contributed by atoms with Crippen molar-refractivity contribution in [1.82, 2.24) is 9.80 Å². The number of aliphatic carboxylic acids is 2. The Balaban J connectivity index is -0.000000370. The van der Waals surface area contributed by atoms with Crippen LogP contribution in [-0.4, -0.2) is 118 Å². The lowest BCUT2D eigenvalue weighted by Gasteiger charge is -2.19. The Morgan fingerprint density at radius 1 is 0.600 bits per heavy atom. The summed E-state index contributed by atoms with van der Waals surface area (Å²) in [5, 5.41) is 50.2. The third-order valence-corrected chi connectivity index (χ3v) is 3.69. The van der Waals surface area contributed by atoms with E-state index in [0.29, 0.717) is 38.3 Å². The molecule has 0 unspecified atom stereocenters. The van der Waals surface area contributed by atoms with Gasteiger partial charge in [0, 0.05) is 38.3 Å². The second-order valence-corrected chi connectivity index (χ2v) is 6.29. The lowest BCUT2D eigenvalue weighted by Crippen LogP contribution is -2.30. The molecule has 0 aromatic carbocycles. The van der Waals surface area contributed by atoms with E-state index in [0.717, 1.165) is 38.8 Å². The molecule has 0 aromatic heterocycles. The van der Waals surface area contributed by atoms with E-state index in [1.54, 1.807) is 0 Å². The van der Waals surface area contributed by atoms with Gasteiger partial charge in [-0.2, -0.15) is 0 Å². The van der Waals surface area contributed by atoms with Crippen molar-refractivity contribution in [1.29, 1.82) is 0 Å². The number of nitrogens with zero attached hydrogens (tertiary/aromatic N) is 2. The molecule has 6 N–H and O–H groups in total. The summed E-state index contributed by atoms with van der Waals surface area (Å²) in [7, 11) is 0. The van der Waals surface area contributed by atoms with E-state index in [1.807, 2.05) is 0 Å². The highest BCUT2D eigenvalue weighted by Crippen LogP contribution is 1.94. The lowest BCUT2D eigenvalue weighted by atomic mass is 10.3. The molecular formula is C20H42N2O8. The van der Waals surface area contributed by atoms with Crippen molar-refractivity contribution in [2.75, 3.05) is 65.7 Å². The Morgan fingerprint density at radius 3 is 1.03 bits per heavy atom. The van der Waals surface area contributed by atoms with Crippen LogP contribution < -0.4 is 0 Å². The van der Waals surface area contributed by atoms with Crippen LogP contribution in [0.2, 0.25) is 0 Å². The smallest absolute Gasteiger partial charge is 0.328 e. The minimum Gasteiger partial charge on any atom is -0.478 e. The second-order valence-electron chi connectivity index (χ2n) is 6.29. The van der Waals surface area contributed by atoms with Gasteiger partial charge in [0.15, 0.2) is 0 Å². The van der Waals surface area contributed by atoms with Gasteiger partial charge in [0.05, 0.1) is 26.4 Å². The average molecular weight is 439 g/mol. The van der Waals surface area contributed by atoms with E-state index >= 15 is 0 Å². The summed E-state index contributed by atoms with van der Waals surface area (Å²) >= 11 is 0. The van der Waals surface area contributed by atoms with Crippen LogP contribution in [0.1, 0.15) is 39.5 Å². The molecule has 10 heteroatoms. The Morgan fingerprint density at radius 2 is 0.867 bits per heavy atom. The molecule has 0 amide bonds. The fraction of sp³-hybridized carbons (Fsp3) is 0.800. The van der Waals surface area contributed by atoms with E-state index in [2.05, 4.69) is 23.6 Å². The standard InChI is InChI=1S/2C8H19NO2.C4H4O4/c2*1-2-3-4-9(5-7-10)6-8-11;5-3(6)1-2-4(7)8/h2*10-11H,2-8H2,1H3;1-2H,(H,5,6)(H,7,8)/b;;2-1+. The molecule has 0 saturated carbocycles. The molecule has 0 saturated heterocycles. The molecule has 0 radical (unpaired) electrons. The van der Waals surface area contributed by atoms with Crippen molar-refractivity contribution in [3.05, 3.63) is 12.2 Å². The van der Waals surface area contributed by atoms with Gasteiger partial charge >= 0.3 is 11.9 Å². The fourth-order valence-electron chi connectivity index (χ4n) is 2.14. The molecule has 0 aliphatic carbocycles. The molecule has 30 heavy (non-hydrogen) atoms.